The third-order valence-corrected chi connectivity index (χ3v) is 18.6. The van der Waals surface area contributed by atoms with E-state index in [9.17, 15) is 0 Å². The molecular weight excluding hydrogens is 853 g/mol. The average Bonchev–Trinajstić information content (AvgIpc) is 3.84. The summed E-state index contributed by atoms with van der Waals surface area (Å²) in [5.74, 6) is 2.93. The van der Waals surface area contributed by atoms with E-state index in [1.54, 1.807) is 11.1 Å². The molecule has 0 aliphatic heterocycles. The third-order valence-electron chi connectivity index (χ3n) is 17.4. The molecule has 0 amide bonds. The van der Waals surface area contributed by atoms with Crippen LogP contribution in [0.3, 0.4) is 0 Å². The van der Waals surface area contributed by atoms with Crippen LogP contribution in [-0.2, 0) is 16.2 Å². The van der Waals surface area contributed by atoms with Crippen LogP contribution in [0.25, 0.3) is 42.1 Å². The average molecular weight is 917 g/mol. The summed E-state index contributed by atoms with van der Waals surface area (Å²) >= 11 is 1.98. The van der Waals surface area contributed by atoms with Crippen LogP contribution >= 0.6 is 11.3 Å². The number of nitrogens with zero attached hydrogens (tertiary/aromatic N) is 2. The van der Waals surface area contributed by atoms with Gasteiger partial charge >= 0.3 is 0 Å². The lowest BCUT2D eigenvalue weighted by Gasteiger charge is -2.61. The highest BCUT2D eigenvalue weighted by atomic mass is 32.1. The summed E-state index contributed by atoms with van der Waals surface area (Å²) in [6, 6.07) is 61.4. The van der Waals surface area contributed by atoms with Gasteiger partial charge in [-0.25, -0.2) is 0 Å². The fraction of sp³-hybridized carbons (Fsp3) is 0.303. The van der Waals surface area contributed by atoms with Crippen molar-refractivity contribution < 1.29 is 0 Å². The first-order valence-corrected chi connectivity index (χ1v) is 26.6. The van der Waals surface area contributed by atoms with Crippen molar-refractivity contribution in [1.82, 2.24) is 0 Å². The summed E-state index contributed by atoms with van der Waals surface area (Å²) in [6.45, 7) is 18.4. The van der Waals surface area contributed by atoms with Crippen LogP contribution in [0.15, 0.2) is 158 Å². The molecule has 344 valence electrons. The normalized spacial score (nSPS) is 21.4. The van der Waals surface area contributed by atoms with E-state index in [0.717, 1.165) is 11.8 Å². The van der Waals surface area contributed by atoms with Gasteiger partial charge in [0.05, 0.1) is 10.4 Å². The van der Waals surface area contributed by atoms with Gasteiger partial charge in [0, 0.05) is 49.3 Å². The highest BCUT2D eigenvalue weighted by molar-refractivity contribution is 7.26. The van der Waals surface area contributed by atoms with E-state index in [-0.39, 0.29) is 16.2 Å². The Morgan fingerprint density at radius 3 is 1.61 bits per heavy atom. The summed E-state index contributed by atoms with van der Waals surface area (Å²) in [6.07, 6.45) is 6.78. The van der Waals surface area contributed by atoms with Crippen LogP contribution in [0.5, 0.6) is 0 Å². The molecule has 0 unspecified atom stereocenters. The zero-order chi connectivity index (χ0) is 47.1. The number of aryl methyl sites for hydroxylation is 2. The molecule has 4 bridgehead atoms. The smallest absolute Gasteiger partial charge is 0.0644 e. The fourth-order valence-corrected chi connectivity index (χ4v) is 15.5. The highest BCUT2D eigenvalue weighted by Crippen LogP contribution is 2.71. The lowest BCUT2D eigenvalue weighted by Crippen LogP contribution is -2.55. The number of hydrogen-bond acceptors (Lipinski definition) is 3. The van der Waals surface area contributed by atoms with E-state index in [0.29, 0.717) is 11.8 Å². The van der Waals surface area contributed by atoms with Crippen LogP contribution in [-0.4, -0.2) is 0 Å². The molecule has 2 nitrogen and oxygen atoms in total. The first-order chi connectivity index (χ1) is 33.3. The molecule has 3 heteroatoms. The Bertz CT molecular complexity index is 3470. The lowest BCUT2D eigenvalue weighted by molar-refractivity contribution is -0.0398. The first kappa shape index (κ1) is 42.9. The molecule has 1 spiro atoms. The molecule has 8 aromatic carbocycles. The van der Waals surface area contributed by atoms with Gasteiger partial charge in [-0.15, -0.1) is 11.3 Å². The largest absolute Gasteiger partial charge is 0.310 e. The molecule has 0 radical (unpaired) electrons. The number of para-hydroxylation sites is 2. The second kappa shape index (κ2) is 15.4. The molecule has 69 heavy (non-hydrogen) atoms. The van der Waals surface area contributed by atoms with Gasteiger partial charge in [0.25, 0.3) is 0 Å². The van der Waals surface area contributed by atoms with Crippen molar-refractivity contribution in [2.75, 3.05) is 9.80 Å². The van der Waals surface area contributed by atoms with Crippen molar-refractivity contribution in [3.63, 3.8) is 0 Å². The third kappa shape index (κ3) is 6.55. The van der Waals surface area contributed by atoms with E-state index in [1.807, 2.05) is 11.3 Å². The van der Waals surface area contributed by atoms with Gasteiger partial charge < -0.3 is 9.80 Å². The molecule has 0 atom stereocenters. The van der Waals surface area contributed by atoms with Gasteiger partial charge in [-0.1, -0.05) is 126 Å². The predicted octanol–water partition coefficient (Wildman–Crippen LogP) is 19.1. The van der Waals surface area contributed by atoms with E-state index in [4.69, 9.17) is 0 Å². The summed E-state index contributed by atoms with van der Waals surface area (Å²) in [4.78, 5) is 5.12. The van der Waals surface area contributed by atoms with Crippen molar-refractivity contribution >= 4 is 76.4 Å². The van der Waals surface area contributed by atoms with Crippen LogP contribution < -0.4 is 9.80 Å². The zero-order valence-corrected chi connectivity index (χ0v) is 42.5. The Labute approximate surface area is 413 Å². The monoisotopic (exact) mass is 916 g/mol. The number of rotatable bonds is 6. The fourth-order valence-electron chi connectivity index (χ4n) is 14.3. The second-order valence-electron chi connectivity index (χ2n) is 23.6. The summed E-state index contributed by atoms with van der Waals surface area (Å²) in [5.41, 5.74) is 18.9. The maximum absolute atomic E-state index is 2.75. The Balaban J connectivity index is 1.08. The van der Waals surface area contributed by atoms with Gasteiger partial charge in [0.15, 0.2) is 0 Å². The number of anilines is 6. The molecule has 4 fully saturated rings. The summed E-state index contributed by atoms with van der Waals surface area (Å²) < 4.78 is 2.74. The van der Waals surface area contributed by atoms with Gasteiger partial charge in [-0.3, -0.25) is 0 Å². The quantitative estimate of drug-likeness (QED) is 0.164. The maximum atomic E-state index is 2.75. The van der Waals surface area contributed by atoms with Gasteiger partial charge in [0.2, 0.25) is 0 Å². The second-order valence-corrected chi connectivity index (χ2v) is 24.6. The van der Waals surface area contributed by atoms with E-state index >= 15 is 0 Å². The molecule has 5 aliphatic carbocycles. The molecule has 5 aliphatic rings. The van der Waals surface area contributed by atoms with E-state index in [1.165, 1.54) is 131 Å². The van der Waals surface area contributed by atoms with Crippen molar-refractivity contribution in [1.29, 1.82) is 0 Å². The molecule has 1 aromatic heterocycles. The molecule has 0 saturated heterocycles. The topological polar surface area (TPSA) is 6.48 Å². The Morgan fingerprint density at radius 2 is 1.01 bits per heavy atom. The Kier molecular flexibility index (Phi) is 9.59. The summed E-state index contributed by atoms with van der Waals surface area (Å²) in [7, 11) is 0. The molecular formula is C66H64N2S. The molecule has 4 saturated carbocycles. The van der Waals surface area contributed by atoms with Crippen LogP contribution in [0.1, 0.15) is 107 Å². The number of benzene rings is 8. The van der Waals surface area contributed by atoms with Crippen LogP contribution in [0.4, 0.5) is 34.1 Å². The van der Waals surface area contributed by atoms with Gasteiger partial charge in [0.1, 0.15) is 0 Å². The lowest BCUT2D eigenvalue weighted by atomic mass is 9.43. The molecule has 9 aromatic rings. The first-order valence-electron chi connectivity index (χ1n) is 25.8. The van der Waals surface area contributed by atoms with Crippen LogP contribution in [0, 0.1) is 37.5 Å². The SMILES string of the molecule is Cc1ccccc1N(c1ccc(C(C)(C)C)cc1)c1ccc2cc3c(cc2c1)C1(c2cc(N(c4ccc(C(C)(C)C)cc4)c4ccccc4C)c4sc5ccccc5c4c2-3)C2CC3CC(C2)CC1C3. The molecule has 0 N–H and O–H groups in total. The predicted molar refractivity (Wildman–Crippen MR) is 296 cm³/mol. The minimum Gasteiger partial charge on any atom is -0.310 e. The molecule has 14 rings (SSSR count). The maximum Gasteiger partial charge on any atom is 0.0644 e. The highest BCUT2D eigenvalue weighted by Gasteiger charge is 2.62. The van der Waals surface area contributed by atoms with Crippen molar-refractivity contribution in [2.24, 2.45) is 23.7 Å². The minimum absolute atomic E-state index is 0.0553. The van der Waals surface area contributed by atoms with Crippen molar-refractivity contribution in [3.05, 3.63) is 191 Å². The minimum atomic E-state index is -0.0553. The number of fused-ring (bicyclic) bond motifs is 8. The Morgan fingerprint density at radius 1 is 0.478 bits per heavy atom. The van der Waals surface area contributed by atoms with Gasteiger partial charge in [-0.05, 0) is 209 Å². The van der Waals surface area contributed by atoms with Crippen molar-refractivity contribution in [2.45, 2.75) is 104 Å². The molecule has 1 heterocycles. The van der Waals surface area contributed by atoms with Crippen LogP contribution in [0.2, 0.25) is 0 Å². The Hall–Kier alpha value is -6.16. The standard InChI is InChI=1S/C66H64N2S/c1-40-15-9-12-18-57(40)67(50-27-22-46(23-28-50)64(3,4)5)52-26-21-44-37-54-55(38-45(44)36-52)66(48-32-42-31-43(34-48)35-49(66)33-42)56-39-59(63-62(61(54)56)53-17-11-14-20-60(53)69-63)68(58-19-13-10-16-41(58)2)51-29-24-47(25-30-51)65(6,7)8/h9-30,36-39,42-43,48-49H,31-35H2,1-8H3. The zero-order valence-electron chi connectivity index (χ0n) is 41.7. The van der Waals surface area contributed by atoms with Crippen molar-refractivity contribution in [3.8, 4) is 11.1 Å². The van der Waals surface area contributed by atoms with E-state index in [2.05, 4.69) is 223 Å². The summed E-state index contributed by atoms with van der Waals surface area (Å²) in [5, 5.41) is 5.48. The number of hydrogen-bond donors (Lipinski definition) is 0. The van der Waals surface area contributed by atoms with Gasteiger partial charge in [-0.2, -0.15) is 0 Å². The van der Waals surface area contributed by atoms with E-state index < -0.39 is 0 Å². The number of thiophene rings is 1.